The number of hydrogen-bond acceptors (Lipinski definition) is 5. The highest BCUT2D eigenvalue weighted by Crippen LogP contribution is 2.33. The number of rotatable bonds is 6. The van der Waals surface area contributed by atoms with Crippen LogP contribution in [0.3, 0.4) is 0 Å². The summed E-state index contributed by atoms with van der Waals surface area (Å²) in [4.78, 5) is 19.3. The molecule has 0 aliphatic heterocycles. The number of sulfone groups is 1. The molecule has 0 saturated heterocycles. The number of carbonyl (C=O) groups is 1. The monoisotopic (exact) mass is 468 g/mol. The Kier molecular flexibility index (Phi) is 6.08. The van der Waals surface area contributed by atoms with Gasteiger partial charge in [-0.1, -0.05) is 47.7 Å². The lowest BCUT2D eigenvalue weighted by Crippen LogP contribution is -2.35. The quantitative estimate of drug-likeness (QED) is 0.371. The lowest BCUT2D eigenvalue weighted by atomic mass is 10.1. The molecule has 0 radical (unpaired) electrons. The summed E-state index contributed by atoms with van der Waals surface area (Å²) in [7, 11) is -3.95. The van der Waals surface area contributed by atoms with Crippen LogP contribution in [0.15, 0.2) is 71.6 Å². The first-order valence-corrected chi connectivity index (χ1v) is 12.4. The maximum absolute atomic E-state index is 13.3. The lowest BCUT2D eigenvalue weighted by molar-refractivity contribution is -0.116. The van der Waals surface area contributed by atoms with Gasteiger partial charge >= 0.3 is 0 Å². The molecule has 5 nitrogen and oxygen atoms in total. The number of benzene rings is 3. The van der Waals surface area contributed by atoms with E-state index in [1.165, 1.54) is 28.4 Å². The Morgan fingerprint density at radius 1 is 1.03 bits per heavy atom. The summed E-state index contributed by atoms with van der Waals surface area (Å²) in [5, 5.41) is 0.442. The van der Waals surface area contributed by atoms with Gasteiger partial charge in [-0.05, 0) is 60.9 Å². The van der Waals surface area contributed by atoms with Crippen molar-refractivity contribution in [3.63, 3.8) is 0 Å². The third-order valence-corrected chi connectivity index (χ3v) is 7.66. The molecule has 0 aliphatic carbocycles. The third kappa shape index (κ3) is 4.71. The van der Waals surface area contributed by atoms with Crippen LogP contribution in [-0.4, -0.2) is 25.1 Å². The molecule has 8 heteroatoms. The van der Waals surface area contributed by atoms with Gasteiger partial charge in [0, 0.05) is 0 Å². The van der Waals surface area contributed by atoms with Crippen LogP contribution in [0.2, 0.25) is 0 Å². The largest absolute Gasteiger partial charge is 0.283 e. The van der Waals surface area contributed by atoms with E-state index in [1.54, 1.807) is 0 Å². The average Bonchev–Trinajstić information content (AvgIpc) is 3.16. The minimum atomic E-state index is -3.95. The van der Waals surface area contributed by atoms with Crippen molar-refractivity contribution in [1.82, 2.24) is 4.98 Å². The fourth-order valence-electron chi connectivity index (χ4n) is 3.47. The summed E-state index contributed by atoms with van der Waals surface area (Å²) in [5.74, 6) is -1.87. The summed E-state index contributed by atoms with van der Waals surface area (Å²) in [6.45, 7) is 4.14. The van der Waals surface area contributed by atoms with E-state index in [4.69, 9.17) is 0 Å². The van der Waals surface area contributed by atoms with Crippen molar-refractivity contribution in [2.75, 3.05) is 10.7 Å². The van der Waals surface area contributed by atoms with Crippen molar-refractivity contribution in [3.05, 3.63) is 89.2 Å². The first-order chi connectivity index (χ1) is 15.2. The summed E-state index contributed by atoms with van der Waals surface area (Å²) in [5.41, 5.74) is 3.73. The Balaban J connectivity index is 1.71. The van der Waals surface area contributed by atoms with Gasteiger partial charge in [-0.15, -0.1) is 0 Å². The number of aromatic nitrogens is 1. The van der Waals surface area contributed by atoms with Gasteiger partial charge in [-0.2, -0.15) is 0 Å². The standard InChI is InChI=1S/C24H21FN2O3S2/c1-16-12-17(2)23-21(13-16)31-24(26-23)27(14-18-6-4-3-5-7-18)22(28)15-32(29,30)20-10-8-19(25)9-11-20/h3-13H,14-15H2,1-2H3. The predicted octanol–water partition coefficient (Wildman–Crippen LogP) is 5.06. The number of anilines is 1. The number of nitrogens with zero attached hydrogens (tertiary/aromatic N) is 2. The van der Waals surface area contributed by atoms with Crippen LogP contribution in [0.1, 0.15) is 16.7 Å². The molecule has 3 aromatic carbocycles. The molecule has 1 aromatic heterocycles. The molecule has 0 fully saturated rings. The Morgan fingerprint density at radius 3 is 2.41 bits per heavy atom. The van der Waals surface area contributed by atoms with Gasteiger partial charge in [0.25, 0.3) is 0 Å². The maximum atomic E-state index is 13.3. The van der Waals surface area contributed by atoms with Crippen LogP contribution in [0.25, 0.3) is 10.2 Å². The number of hydrogen-bond donors (Lipinski definition) is 0. The maximum Gasteiger partial charge on any atom is 0.244 e. The van der Waals surface area contributed by atoms with Gasteiger partial charge in [0.15, 0.2) is 15.0 Å². The summed E-state index contributed by atoms with van der Waals surface area (Å²) in [6, 6.07) is 17.8. The number of halogens is 1. The van der Waals surface area contributed by atoms with E-state index in [1.807, 2.05) is 56.3 Å². The topological polar surface area (TPSA) is 67.3 Å². The number of aryl methyl sites for hydroxylation is 2. The molecule has 1 amide bonds. The minimum absolute atomic E-state index is 0.0947. The normalized spacial score (nSPS) is 11.6. The van der Waals surface area contributed by atoms with E-state index in [9.17, 15) is 17.6 Å². The highest BCUT2D eigenvalue weighted by atomic mass is 32.2. The molecule has 32 heavy (non-hydrogen) atoms. The lowest BCUT2D eigenvalue weighted by Gasteiger charge is -2.20. The Morgan fingerprint density at radius 2 is 1.72 bits per heavy atom. The van der Waals surface area contributed by atoms with Crippen molar-refractivity contribution in [2.24, 2.45) is 0 Å². The highest BCUT2D eigenvalue weighted by molar-refractivity contribution is 7.92. The van der Waals surface area contributed by atoms with Gasteiger partial charge in [0.1, 0.15) is 11.6 Å². The van der Waals surface area contributed by atoms with Crippen molar-refractivity contribution < 1.29 is 17.6 Å². The van der Waals surface area contributed by atoms with Gasteiger partial charge in [0.2, 0.25) is 5.91 Å². The molecule has 4 rings (SSSR count). The first-order valence-electron chi connectivity index (χ1n) is 9.93. The van der Waals surface area contributed by atoms with E-state index in [-0.39, 0.29) is 11.4 Å². The van der Waals surface area contributed by atoms with Crippen molar-refractivity contribution in [3.8, 4) is 0 Å². The van der Waals surface area contributed by atoms with Crippen LogP contribution in [0.5, 0.6) is 0 Å². The van der Waals surface area contributed by atoms with E-state index in [2.05, 4.69) is 4.98 Å². The molecular weight excluding hydrogens is 447 g/mol. The minimum Gasteiger partial charge on any atom is -0.283 e. The molecule has 0 atom stereocenters. The zero-order valence-corrected chi connectivity index (χ0v) is 19.2. The molecule has 1 heterocycles. The van der Waals surface area contributed by atoms with Gasteiger partial charge in [-0.3, -0.25) is 9.69 Å². The second kappa shape index (κ2) is 8.80. The van der Waals surface area contributed by atoms with Crippen molar-refractivity contribution in [1.29, 1.82) is 0 Å². The highest BCUT2D eigenvalue weighted by Gasteiger charge is 2.27. The summed E-state index contributed by atoms with van der Waals surface area (Å²) in [6.07, 6.45) is 0. The zero-order valence-electron chi connectivity index (χ0n) is 17.6. The molecule has 0 bridgehead atoms. The van der Waals surface area contributed by atoms with E-state index in [0.29, 0.717) is 5.13 Å². The molecular formula is C24H21FN2O3S2. The molecule has 0 unspecified atom stereocenters. The van der Waals surface area contributed by atoms with Crippen molar-refractivity contribution >= 4 is 42.4 Å². The van der Waals surface area contributed by atoms with Gasteiger partial charge in [0.05, 0.1) is 21.7 Å². The SMILES string of the molecule is Cc1cc(C)c2nc(N(Cc3ccccc3)C(=O)CS(=O)(=O)c3ccc(F)cc3)sc2c1. The van der Waals surface area contributed by atoms with Crippen LogP contribution < -0.4 is 4.90 Å². The fraction of sp³-hybridized carbons (Fsp3) is 0.167. The molecule has 164 valence electrons. The molecule has 0 N–H and O–H groups in total. The van der Waals surface area contributed by atoms with Gasteiger partial charge < -0.3 is 0 Å². The van der Waals surface area contributed by atoms with Crippen molar-refractivity contribution in [2.45, 2.75) is 25.3 Å². The van der Waals surface area contributed by atoms with Crippen LogP contribution in [-0.2, 0) is 21.2 Å². The third-order valence-electron chi connectivity index (χ3n) is 5.02. The molecule has 0 aliphatic rings. The number of fused-ring (bicyclic) bond motifs is 1. The zero-order chi connectivity index (χ0) is 22.9. The second-order valence-electron chi connectivity index (χ2n) is 7.60. The van der Waals surface area contributed by atoms with E-state index in [0.717, 1.165) is 39.0 Å². The molecule has 0 spiro atoms. The van der Waals surface area contributed by atoms with E-state index < -0.39 is 27.3 Å². The smallest absolute Gasteiger partial charge is 0.244 e. The number of thiazole rings is 1. The van der Waals surface area contributed by atoms with E-state index >= 15 is 0 Å². The van der Waals surface area contributed by atoms with Crippen LogP contribution >= 0.6 is 11.3 Å². The molecule has 0 saturated carbocycles. The number of amides is 1. The van der Waals surface area contributed by atoms with Crippen LogP contribution in [0, 0.1) is 19.7 Å². The second-order valence-corrected chi connectivity index (χ2v) is 10.6. The van der Waals surface area contributed by atoms with Gasteiger partial charge in [-0.25, -0.2) is 17.8 Å². The Bertz CT molecular complexity index is 1380. The predicted molar refractivity (Wildman–Crippen MR) is 125 cm³/mol. The summed E-state index contributed by atoms with van der Waals surface area (Å²) >= 11 is 1.35. The molecule has 4 aromatic rings. The fourth-order valence-corrected chi connectivity index (χ4v) is 5.83. The Labute approximate surface area is 190 Å². The average molecular weight is 469 g/mol. The Hall–Kier alpha value is -3.10. The first kappa shape index (κ1) is 22.1. The van der Waals surface area contributed by atoms with Crippen LogP contribution in [0.4, 0.5) is 9.52 Å². The number of carbonyl (C=O) groups excluding carboxylic acids is 1. The summed E-state index contributed by atoms with van der Waals surface area (Å²) < 4.78 is 39.8.